The predicted octanol–water partition coefficient (Wildman–Crippen LogP) is 4.42. The molecular weight excluding hydrogens is 342 g/mol. The van der Waals surface area contributed by atoms with Crippen LogP contribution in [0, 0.1) is 9.39 Å². The number of halogens is 2. The second-order valence-electron chi connectivity index (χ2n) is 4.52. The molecule has 0 saturated carbocycles. The molecule has 2 nitrogen and oxygen atoms in total. The number of benzene rings is 1. The van der Waals surface area contributed by atoms with Crippen LogP contribution in [0.4, 0.5) is 15.8 Å². The molecule has 0 aromatic heterocycles. The Bertz CT molecular complexity index is 374. The first-order valence-corrected chi connectivity index (χ1v) is 7.67. The highest BCUT2D eigenvalue weighted by atomic mass is 127. The van der Waals surface area contributed by atoms with Crippen LogP contribution < -0.4 is 10.6 Å². The van der Waals surface area contributed by atoms with E-state index in [0.29, 0.717) is 9.26 Å². The quantitative estimate of drug-likeness (QED) is 0.573. The third kappa shape index (κ3) is 4.30. The maximum Gasteiger partial charge on any atom is 0.138 e. The van der Waals surface area contributed by atoms with Gasteiger partial charge in [-0.05, 0) is 41.5 Å². The minimum absolute atomic E-state index is 0.183. The van der Waals surface area contributed by atoms with Gasteiger partial charge in [-0.15, -0.1) is 0 Å². The summed E-state index contributed by atoms with van der Waals surface area (Å²) < 4.78 is 14.3. The Hall–Kier alpha value is -0.520. The van der Waals surface area contributed by atoms with Crippen LogP contribution in [0.15, 0.2) is 12.1 Å². The Morgan fingerprint density at radius 1 is 1.17 bits per heavy atom. The van der Waals surface area contributed by atoms with Crippen LogP contribution in [-0.4, -0.2) is 13.1 Å². The molecule has 102 valence electrons. The van der Waals surface area contributed by atoms with E-state index in [1.54, 1.807) is 12.1 Å². The lowest BCUT2D eigenvalue weighted by Gasteiger charge is -2.26. The van der Waals surface area contributed by atoms with E-state index in [9.17, 15) is 4.39 Å². The Morgan fingerprint density at radius 3 is 2.22 bits per heavy atom. The summed E-state index contributed by atoms with van der Waals surface area (Å²) >= 11 is 1.97. The topological polar surface area (TPSA) is 29.3 Å². The van der Waals surface area contributed by atoms with Crippen LogP contribution in [0.3, 0.4) is 0 Å². The molecule has 1 rings (SSSR count). The minimum atomic E-state index is -0.183. The zero-order chi connectivity index (χ0) is 13.5. The number of hydrogen-bond donors (Lipinski definition) is 1. The van der Waals surface area contributed by atoms with Gasteiger partial charge in [-0.2, -0.15) is 0 Å². The van der Waals surface area contributed by atoms with Crippen molar-refractivity contribution in [2.45, 2.75) is 39.5 Å². The minimum Gasteiger partial charge on any atom is -0.397 e. The van der Waals surface area contributed by atoms with Crippen molar-refractivity contribution in [2.24, 2.45) is 0 Å². The van der Waals surface area contributed by atoms with E-state index in [1.165, 1.54) is 0 Å². The van der Waals surface area contributed by atoms with Gasteiger partial charge in [0.25, 0.3) is 0 Å². The van der Waals surface area contributed by atoms with Gasteiger partial charge in [0.15, 0.2) is 0 Å². The summed E-state index contributed by atoms with van der Waals surface area (Å²) in [6, 6.07) is 3.29. The summed E-state index contributed by atoms with van der Waals surface area (Å²) in [7, 11) is 0. The summed E-state index contributed by atoms with van der Waals surface area (Å²) in [5.74, 6) is -0.183. The highest BCUT2D eigenvalue weighted by Crippen LogP contribution is 2.28. The van der Waals surface area contributed by atoms with E-state index in [-0.39, 0.29) is 5.82 Å². The first-order chi connectivity index (χ1) is 8.60. The van der Waals surface area contributed by atoms with Crippen molar-refractivity contribution in [1.29, 1.82) is 0 Å². The normalized spacial score (nSPS) is 10.7. The fourth-order valence-corrected chi connectivity index (χ4v) is 2.37. The molecule has 0 fully saturated rings. The molecule has 0 heterocycles. The number of anilines is 2. The lowest BCUT2D eigenvalue weighted by molar-refractivity contribution is 0.617. The molecule has 18 heavy (non-hydrogen) atoms. The van der Waals surface area contributed by atoms with Crippen LogP contribution in [0.5, 0.6) is 0 Å². The van der Waals surface area contributed by atoms with Gasteiger partial charge in [-0.25, -0.2) is 4.39 Å². The van der Waals surface area contributed by atoms with Crippen molar-refractivity contribution in [1.82, 2.24) is 0 Å². The first-order valence-electron chi connectivity index (χ1n) is 6.59. The zero-order valence-corrected chi connectivity index (χ0v) is 13.3. The Balaban J connectivity index is 2.92. The summed E-state index contributed by atoms with van der Waals surface area (Å²) in [5, 5.41) is 0. The molecule has 1 aromatic carbocycles. The van der Waals surface area contributed by atoms with E-state index < -0.39 is 0 Å². The zero-order valence-electron chi connectivity index (χ0n) is 11.2. The van der Waals surface area contributed by atoms with Crippen molar-refractivity contribution < 1.29 is 4.39 Å². The number of hydrogen-bond acceptors (Lipinski definition) is 2. The van der Waals surface area contributed by atoms with E-state index in [4.69, 9.17) is 5.73 Å². The Kier molecular flexibility index (Phi) is 6.75. The van der Waals surface area contributed by atoms with Gasteiger partial charge >= 0.3 is 0 Å². The van der Waals surface area contributed by atoms with E-state index in [2.05, 4.69) is 18.7 Å². The van der Waals surface area contributed by atoms with Crippen LogP contribution in [0.2, 0.25) is 0 Å². The molecule has 0 aliphatic carbocycles. The van der Waals surface area contributed by atoms with Crippen molar-refractivity contribution in [2.75, 3.05) is 23.7 Å². The molecule has 0 radical (unpaired) electrons. The molecule has 0 bridgehead atoms. The van der Waals surface area contributed by atoms with Crippen LogP contribution in [0.25, 0.3) is 0 Å². The summed E-state index contributed by atoms with van der Waals surface area (Å²) in [5.41, 5.74) is 7.54. The number of rotatable bonds is 7. The third-order valence-electron chi connectivity index (χ3n) is 2.97. The molecule has 0 aliphatic heterocycles. The maximum atomic E-state index is 13.7. The van der Waals surface area contributed by atoms with Gasteiger partial charge < -0.3 is 10.6 Å². The monoisotopic (exact) mass is 364 g/mol. The highest BCUT2D eigenvalue weighted by molar-refractivity contribution is 14.1. The molecule has 0 atom stereocenters. The van der Waals surface area contributed by atoms with E-state index >= 15 is 0 Å². The summed E-state index contributed by atoms with van der Waals surface area (Å²) in [6.45, 7) is 6.22. The molecular formula is C14H22FIN2. The maximum absolute atomic E-state index is 13.7. The van der Waals surface area contributed by atoms with Gasteiger partial charge in [0, 0.05) is 19.2 Å². The number of nitrogens with two attached hydrogens (primary N) is 1. The number of unbranched alkanes of at least 4 members (excludes halogenated alkanes) is 2. The fraction of sp³-hybridized carbons (Fsp3) is 0.571. The number of nitrogens with zero attached hydrogens (tertiary/aromatic N) is 1. The number of nitrogen functional groups attached to an aromatic ring is 1. The van der Waals surface area contributed by atoms with E-state index in [0.717, 1.165) is 44.5 Å². The average Bonchev–Trinajstić information content (AvgIpc) is 2.35. The van der Waals surface area contributed by atoms with Crippen LogP contribution in [0.1, 0.15) is 39.5 Å². The van der Waals surface area contributed by atoms with Crippen molar-refractivity contribution in [3.05, 3.63) is 21.5 Å². The first kappa shape index (κ1) is 15.5. The standard InChI is InChI=1S/C14H22FIN2/c1-3-5-7-18(8-6-4-2)14-9-11(15)12(16)10-13(14)17/h9-10H,3-8,17H2,1-2H3. The van der Waals surface area contributed by atoms with Gasteiger partial charge in [0.1, 0.15) is 5.82 Å². The molecule has 0 amide bonds. The fourth-order valence-electron chi connectivity index (χ4n) is 1.88. The Labute approximate surface area is 123 Å². The second kappa shape index (κ2) is 7.81. The van der Waals surface area contributed by atoms with Crippen LogP contribution >= 0.6 is 22.6 Å². The third-order valence-corrected chi connectivity index (χ3v) is 3.80. The SMILES string of the molecule is CCCCN(CCCC)c1cc(F)c(I)cc1N. The summed E-state index contributed by atoms with van der Waals surface area (Å²) in [6.07, 6.45) is 4.48. The predicted molar refractivity (Wildman–Crippen MR) is 85.6 cm³/mol. The largest absolute Gasteiger partial charge is 0.397 e. The van der Waals surface area contributed by atoms with Crippen molar-refractivity contribution >= 4 is 34.0 Å². The molecule has 0 saturated heterocycles. The van der Waals surface area contributed by atoms with Crippen molar-refractivity contribution in [3.8, 4) is 0 Å². The lowest BCUT2D eigenvalue weighted by Crippen LogP contribution is -2.26. The van der Waals surface area contributed by atoms with Gasteiger partial charge in [0.05, 0.1) is 14.9 Å². The van der Waals surface area contributed by atoms with Gasteiger partial charge in [-0.3, -0.25) is 0 Å². The van der Waals surface area contributed by atoms with Crippen molar-refractivity contribution in [3.63, 3.8) is 0 Å². The molecule has 2 N–H and O–H groups in total. The molecule has 1 aromatic rings. The summed E-state index contributed by atoms with van der Waals surface area (Å²) in [4.78, 5) is 2.21. The Morgan fingerprint density at radius 2 is 1.72 bits per heavy atom. The molecule has 0 spiro atoms. The smallest absolute Gasteiger partial charge is 0.138 e. The van der Waals surface area contributed by atoms with Gasteiger partial charge in [0.2, 0.25) is 0 Å². The molecule has 4 heteroatoms. The van der Waals surface area contributed by atoms with Crippen LogP contribution in [-0.2, 0) is 0 Å². The lowest BCUT2D eigenvalue weighted by atomic mass is 10.2. The average molecular weight is 364 g/mol. The molecule has 0 unspecified atom stereocenters. The highest BCUT2D eigenvalue weighted by Gasteiger charge is 2.12. The van der Waals surface area contributed by atoms with E-state index in [1.807, 2.05) is 22.6 Å². The van der Waals surface area contributed by atoms with Gasteiger partial charge in [-0.1, -0.05) is 26.7 Å². The molecule has 0 aliphatic rings. The second-order valence-corrected chi connectivity index (χ2v) is 5.68.